The minimum atomic E-state index is -4.79. The first kappa shape index (κ1) is 23.6. The van der Waals surface area contributed by atoms with Crippen molar-refractivity contribution < 1.29 is 37.4 Å². The second-order valence-corrected chi connectivity index (χ2v) is 7.42. The molecule has 2 unspecified atom stereocenters. The van der Waals surface area contributed by atoms with E-state index in [0.29, 0.717) is 25.7 Å². The summed E-state index contributed by atoms with van der Waals surface area (Å²) in [5.74, 6) is -1.55. The zero-order chi connectivity index (χ0) is 22.1. The maximum absolute atomic E-state index is 12.3. The number of ketones is 2. The molecule has 0 saturated heterocycles. The van der Waals surface area contributed by atoms with E-state index in [2.05, 4.69) is 4.74 Å². The van der Waals surface area contributed by atoms with Gasteiger partial charge in [-0.15, -0.1) is 13.2 Å². The summed E-state index contributed by atoms with van der Waals surface area (Å²) in [5.41, 5.74) is 0.236. The van der Waals surface area contributed by atoms with E-state index >= 15 is 0 Å². The molecule has 1 aliphatic carbocycles. The topological polar surface area (TPSA) is 80.7 Å². The van der Waals surface area contributed by atoms with Crippen molar-refractivity contribution in [3.63, 3.8) is 0 Å². The lowest BCUT2D eigenvalue weighted by atomic mass is 9.89. The first-order chi connectivity index (χ1) is 14.2. The van der Waals surface area contributed by atoms with Crippen molar-refractivity contribution in [2.75, 3.05) is 0 Å². The van der Waals surface area contributed by atoms with Crippen molar-refractivity contribution in [2.24, 2.45) is 11.8 Å². The van der Waals surface area contributed by atoms with Crippen molar-refractivity contribution in [1.29, 1.82) is 0 Å². The fourth-order valence-electron chi connectivity index (χ4n) is 3.66. The van der Waals surface area contributed by atoms with Gasteiger partial charge in [0, 0.05) is 24.3 Å². The van der Waals surface area contributed by atoms with Gasteiger partial charge < -0.3 is 9.84 Å². The SMILES string of the molecule is O=C(O)CCCCCCC1C(=O)CCC1C=CC(=O)c1ccc(OC(F)(F)F)cc1. The summed E-state index contributed by atoms with van der Waals surface area (Å²) >= 11 is 0. The molecule has 0 amide bonds. The Morgan fingerprint density at radius 3 is 2.40 bits per heavy atom. The Morgan fingerprint density at radius 1 is 1.10 bits per heavy atom. The second kappa shape index (κ2) is 10.9. The molecule has 1 N–H and O–H groups in total. The average Bonchev–Trinajstić information content (AvgIpc) is 3.01. The van der Waals surface area contributed by atoms with Gasteiger partial charge in [-0.1, -0.05) is 25.3 Å². The molecule has 1 saturated carbocycles. The van der Waals surface area contributed by atoms with E-state index in [1.165, 1.54) is 18.2 Å². The number of carboxylic acid groups (broad SMARTS) is 1. The first-order valence-electron chi connectivity index (χ1n) is 9.98. The zero-order valence-electron chi connectivity index (χ0n) is 16.5. The van der Waals surface area contributed by atoms with Gasteiger partial charge in [0.15, 0.2) is 5.78 Å². The molecule has 0 aliphatic heterocycles. The molecular formula is C22H25F3O5. The maximum atomic E-state index is 12.3. The third-order valence-electron chi connectivity index (χ3n) is 5.18. The molecular weight excluding hydrogens is 401 g/mol. The molecule has 2 atom stereocenters. The second-order valence-electron chi connectivity index (χ2n) is 7.42. The zero-order valence-corrected chi connectivity index (χ0v) is 16.5. The summed E-state index contributed by atoms with van der Waals surface area (Å²) in [5, 5.41) is 8.63. The molecule has 8 heteroatoms. The predicted molar refractivity (Wildman–Crippen MR) is 103 cm³/mol. The minimum Gasteiger partial charge on any atom is -0.481 e. The molecule has 1 aromatic carbocycles. The van der Waals surface area contributed by atoms with Crippen LogP contribution in [0.25, 0.3) is 0 Å². The highest BCUT2D eigenvalue weighted by atomic mass is 19.4. The number of Topliss-reactive ketones (excluding diaryl/α,β-unsaturated/α-hetero) is 1. The summed E-state index contributed by atoms with van der Waals surface area (Å²) in [7, 11) is 0. The van der Waals surface area contributed by atoms with E-state index in [4.69, 9.17) is 5.11 Å². The van der Waals surface area contributed by atoms with Crippen LogP contribution < -0.4 is 4.74 Å². The van der Waals surface area contributed by atoms with E-state index in [0.717, 1.165) is 31.4 Å². The Kier molecular flexibility index (Phi) is 8.62. The number of allylic oxidation sites excluding steroid dienone is 2. The molecule has 2 rings (SSSR count). The van der Waals surface area contributed by atoms with Crippen LogP contribution in [0.15, 0.2) is 36.4 Å². The van der Waals surface area contributed by atoms with Crippen molar-refractivity contribution in [3.8, 4) is 5.75 Å². The molecule has 0 radical (unpaired) electrons. The largest absolute Gasteiger partial charge is 0.573 e. The number of alkyl halides is 3. The molecule has 0 heterocycles. The van der Waals surface area contributed by atoms with Gasteiger partial charge in [0.1, 0.15) is 11.5 Å². The van der Waals surface area contributed by atoms with Crippen molar-refractivity contribution in [2.45, 2.75) is 57.7 Å². The molecule has 5 nitrogen and oxygen atoms in total. The number of halogens is 3. The number of carbonyl (C=O) groups is 3. The molecule has 1 fully saturated rings. The Bertz CT molecular complexity index is 768. The van der Waals surface area contributed by atoms with Crippen LogP contribution in [0.2, 0.25) is 0 Å². The van der Waals surface area contributed by atoms with Gasteiger partial charge in [-0.05, 0) is 55.5 Å². The lowest BCUT2D eigenvalue weighted by Crippen LogP contribution is -2.17. The van der Waals surface area contributed by atoms with Crippen LogP contribution in [0.5, 0.6) is 5.75 Å². The van der Waals surface area contributed by atoms with Crippen LogP contribution in [0.3, 0.4) is 0 Å². The highest BCUT2D eigenvalue weighted by Gasteiger charge is 2.32. The van der Waals surface area contributed by atoms with Gasteiger partial charge in [0.2, 0.25) is 0 Å². The maximum Gasteiger partial charge on any atom is 0.573 e. The van der Waals surface area contributed by atoms with Crippen molar-refractivity contribution in [1.82, 2.24) is 0 Å². The van der Waals surface area contributed by atoms with E-state index in [9.17, 15) is 27.6 Å². The molecule has 164 valence electrons. The number of hydrogen-bond acceptors (Lipinski definition) is 4. The van der Waals surface area contributed by atoms with Crippen LogP contribution in [-0.4, -0.2) is 29.0 Å². The quantitative estimate of drug-likeness (QED) is 0.293. The van der Waals surface area contributed by atoms with Crippen LogP contribution in [0.4, 0.5) is 13.2 Å². The molecule has 30 heavy (non-hydrogen) atoms. The highest BCUT2D eigenvalue weighted by Crippen LogP contribution is 2.34. The number of rotatable bonds is 11. The van der Waals surface area contributed by atoms with Crippen LogP contribution in [0.1, 0.15) is 61.7 Å². The number of hydrogen-bond donors (Lipinski definition) is 1. The average molecular weight is 426 g/mol. The van der Waals surface area contributed by atoms with E-state index in [1.54, 1.807) is 6.08 Å². The van der Waals surface area contributed by atoms with Crippen LogP contribution in [0, 0.1) is 11.8 Å². The third-order valence-corrected chi connectivity index (χ3v) is 5.18. The first-order valence-corrected chi connectivity index (χ1v) is 9.98. The van der Waals surface area contributed by atoms with Crippen LogP contribution >= 0.6 is 0 Å². The summed E-state index contributed by atoms with van der Waals surface area (Å²) in [6.45, 7) is 0. The molecule has 0 aromatic heterocycles. The van der Waals surface area contributed by atoms with Gasteiger partial charge >= 0.3 is 12.3 Å². The van der Waals surface area contributed by atoms with Gasteiger partial charge in [0.05, 0.1) is 0 Å². The number of carboxylic acids is 1. The summed E-state index contributed by atoms with van der Waals surface area (Å²) in [4.78, 5) is 34.9. The van der Waals surface area contributed by atoms with Crippen LogP contribution in [-0.2, 0) is 9.59 Å². The lowest BCUT2D eigenvalue weighted by molar-refractivity contribution is -0.274. The smallest absolute Gasteiger partial charge is 0.481 e. The van der Waals surface area contributed by atoms with Crippen molar-refractivity contribution in [3.05, 3.63) is 42.0 Å². The fraction of sp³-hybridized carbons (Fsp3) is 0.500. The van der Waals surface area contributed by atoms with E-state index < -0.39 is 18.1 Å². The normalized spacial score (nSPS) is 19.4. The van der Waals surface area contributed by atoms with Gasteiger partial charge in [0.25, 0.3) is 0 Å². The Balaban J connectivity index is 1.85. The number of benzene rings is 1. The molecule has 1 aliphatic rings. The molecule has 1 aromatic rings. The van der Waals surface area contributed by atoms with Gasteiger partial charge in [-0.2, -0.15) is 0 Å². The van der Waals surface area contributed by atoms with E-state index in [1.807, 2.05) is 0 Å². The summed E-state index contributed by atoms with van der Waals surface area (Å²) in [6, 6.07) is 4.70. The lowest BCUT2D eigenvalue weighted by Gasteiger charge is -2.14. The number of unbranched alkanes of at least 4 members (excludes halogenated alkanes) is 3. The van der Waals surface area contributed by atoms with Crippen molar-refractivity contribution >= 4 is 17.5 Å². The Labute approximate surface area is 172 Å². The number of carbonyl (C=O) groups excluding carboxylic acids is 2. The standard InChI is InChI=1S/C22H25F3O5/c23-22(24,25)30-17-11-7-16(8-12-17)19(26)13-9-15-10-14-20(27)18(15)5-3-1-2-4-6-21(28)29/h7-9,11-13,15,18H,1-6,10,14H2,(H,28,29). The summed E-state index contributed by atoms with van der Waals surface area (Å²) in [6.07, 6.45) is 3.43. The van der Waals surface area contributed by atoms with E-state index in [-0.39, 0.29) is 35.4 Å². The highest BCUT2D eigenvalue weighted by molar-refractivity contribution is 6.04. The Hall–Kier alpha value is -2.64. The molecule has 0 spiro atoms. The summed E-state index contributed by atoms with van der Waals surface area (Å²) < 4.78 is 40.4. The fourth-order valence-corrected chi connectivity index (χ4v) is 3.66. The predicted octanol–water partition coefficient (Wildman–Crippen LogP) is 5.34. The monoisotopic (exact) mass is 426 g/mol. The van der Waals surface area contributed by atoms with Gasteiger partial charge in [-0.25, -0.2) is 0 Å². The number of aliphatic carboxylic acids is 1. The minimum absolute atomic E-state index is 0.0340. The Morgan fingerprint density at radius 2 is 1.77 bits per heavy atom. The van der Waals surface area contributed by atoms with Gasteiger partial charge in [-0.3, -0.25) is 14.4 Å². The number of ether oxygens (including phenoxy) is 1. The third kappa shape index (κ3) is 8.00. The molecule has 0 bridgehead atoms.